The Balaban J connectivity index is 2.01. The van der Waals surface area contributed by atoms with Gasteiger partial charge in [-0.15, -0.1) is 0 Å². The Morgan fingerprint density at radius 3 is 2.03 bits per heavy atom. The van der Waals surface area contributed by atoms with E-state index in [2.05, 4.69) is 28.0 Å². The maximum atomic E-state index is 12.0. The molecule has 1 rings (SSSR count). The van der Waals surface area contributed by atoms with Gasteiger partial charge in [-0.3, -0.25) is 4.79 Å². The van der Waals surface area contributed by atoms with Gasteiger partial charge < -0.3 is 18.7 Å². The standard InChI is InChI=1S/C28H50BrNO5/c1-2-3-4-5-6-7-8-9-10-11-12-13-14-18-22-32-24-26(35-27-20-23-34-30-27)25-33-28(31)19-16-15-17-21-29/h20,23,26H,2-19,21-22,24-25H2,1H3/t26-/m0/s1. The summed E-state index contributed by atoms with van der Waals surface area (Å²) >= 11 is 3.40. The van der Waals surface area contributed by atoms with Crippen LogP contribution in [-0.4, -0.2) is 42.4 Å². The molecule has 0 amide bonds. The predicted octanol–water partition coefficient (Wildman–Crippen LogP) is 8.42. The van der Waals surface area contributed by atoms with E-state index in [0.717, 1.165) is 31.0 Å². The molecule has 35 heavy (non-hydrogen) atoms. The molecule has 0 saturated heterocycles. The van der Waals surface area contributed by atoms with Gasteiger partial charge in [0.1, 0.15) is 12.9 Å². The average molecular weight is 561 g/mol. The molecule has 7 heteroatoms. The lowest BCUT2D eigenvalue weighted by Crippen LogP contribution is -2.30. The maximum absolute atomic E-state index is 12.0. The minimum absolute atomic E-state index is 0.156. The summed E-state index contributed by atoms with van der Waals surface area (Å²) in [5.41, 5.74) is 0. The Hall–Kier alpha value is -1.08. The third-order valence-electron chi connectivity index (χ3n) is 6.09. The first-order chi connectivity index (χ1) is 17.3. The van der Waals surface area contributed by atoms with Crippen molar-refractivity contribution in [1.82, 2.24) is 5.16 Å². The molecule has 1 aromatic rings. The van der Waals surface area contributed by atoms with Gasteiger partial charge in [0.25, 0.3) is 5.88 Å². The van der Waals surface area contributed by atoms with Gasteiger partial charge in [-0.05, 0) is 24.4 Å². The van der Waals surface area contributed by atoms with Crippen LogP contribution in [0, 0.1) is 0 Å². The van der Waals surface area contributed by atoms with E-state index in [-0.39, 0.29) is 12.6 Å². The second-order valence-corrected chi connectivity index (χ2v) is 10.2. The van der Waals surface area contributed by atoms with Gasteiger partial charge in [-0.1, -0.05) is 113 Å². The highest BCUT2D eigenvalue weighted by Gasteiger charge is 2.16. The number of unbranched alkanes of at least 4 members (excludes halogenated alkanes) is 15. The SMILES string of the molecule is CCCCCCCCCCCCCCCCOC[C@@H](COC(=O)CCCCCBr)Oc1ccon1. The normalized spacial score (nSPS) is 12.1. The van der Waals surface area contributed by atoms with E-state index in [4.69, 9.17) is 18.7 Å². The van der Waals surface area contributed by atoms with Crippen LogP contribution in [-0.2, 0) is 14.3 Å². The molecular formula is C28H50BrNO5. The molecule has 0 fully saturated rings. The highest BCUT2D eigenvalue weighted by Crippen LogP contribution is 2.13. The van der Waals surface area contributed by atoms with Crippen LogP contribution < -0.4 is 4.74 Å². The third-order valence-corrected chi connectivity index (χ3v) is 6.65. The summed E-state index contributed by atoms with van der Waals surface area (Å²) in [6.45, 7) is 3.49. The number of nitrogens with zero attached hydrogens (tertiary/aromatic N) is 1. The van der Waals surface area contributed by atoms with Crippen molar-refractivity contribution in [3.05, 3.63) is 12.3 Å². The van der Waals surface area contributed by atoms with Crippen LogP contribution in [0.5, 0.6) is 5.88 Å². The lowest BCUT2D eigenvalue weighted by atomic mass is 10.0. The molecule has 0 aliphatic rings. The first-order valence-corrected chi connectivity index (χ1v) is 15.2. The van der Waals surface area contributed by atoms with Crippen molar-refractivity contribution in [1.29, 1.82) is 0 Å². The first kappa shape index (κ1) is 31.9. The van der Waals surface area contributed by atoms with Crippen LogP contribution in [0.3, 0.4) is 0 Å². The molecule has 0 N–H and O–H groups in total. The zero-order valence-electron chi connectivity index (χ0n) is 22.2. The molecule has 1 atom stereocenters. The number of ether oxygens (including phenoxy) is 3. The second kappa shape index (κ2) is 24.6. The minimum Gasteiger partial charge on any atom is -0.466 e. The minimum atomic E-state index is -0.391. The molecule has 6 nitrogen and oxygen atoms in total. The van der Waals surface area contributed by atoms with Crippen molar-refractivity contribution < 1.29 is 23.5 Å². The Morgan fingerprint density at radius 2 is 1.46 bits per heavy atom. The molecule has 0 aliphatic heterocycles. The number of rotatable bonds is 26. The summed E-state index contributed by atoms with van der Waals surface area (Å²) < 4.78 is 21.8. The van der Waals surface area contributed by atoms with Crippen molar-refractivity contribution in [3.8, 4) is 5.88 Å². The summed E-state index contributed by atoms with van der Waals surface area (Å²) in [6, 6.07) is 1.64. The Morgan fingerprint density at radius 1 is 0.857 bits per heavy atom. The molecule has 0 saturated carbocycles. The summed E-state index contributed by atoms with van der Waals surface area (Å²) in [6.07, 6.45) is 23.2. The molecule has 0 bridgehead atoms. The number of carbonyl (C=O) groups is 1. The van der Waals surface area contributed by atoms with E-state index in [1.54, 1.807) is 6.07 Å². The molecular weight excluding hydrogens is 510 g/mol. The zero-order chi connectivity index (χ0) is 25.2. The quantitative estimate of drug-likeness (QED) is 0.0644. The number of halogens is 1. The van der Waals surface area contributed by atoms with E-state index in [0.29, 0.717) is 25.5 Å². The molecule has 0 unspecified atom stereocenters. The van der Waals surface area contributed by atoms with Crippen LogP contribution in [0.2, 0.25) is 0 Å². The van der Waals surface area contributed by atoms with Crippen LogP contribution in [0.15, 0.2) is 16.9 Å². The fourth-order valence-corrected chi connectivity index (χ4v) is 4.36. The summed E-state index contributed by atoms with van der Waals surface area (Å²) in [4.78, 5) is 12.0. The van der Waals surface area contributed by atoms with E-state index >= 15 is 0 Å². The Kier molecular flexibility index (Phi) is 22.5. The summed E-state index contributed by atoms with van der Waals surface area (Å²) in [5.74, 6) is 0.184. The Bertz CT molecular complexity index is 570. The van der Waals surface area contributed by atoms with Crippen molar-refractivity contribution in [2.45, 2.75) is 129 Å². The summed E-state index contributed by atoms with van der Waals surface area (Å²) in [7, 11) is 0. The lowest BCUT2D eigenvalue weighted by Gasteiger charge is -2.17. The largest absolute Gasteiger partial charge is 0.466 e. The van der Waals surface area contributed by atoms with Crippen molar-refractivity contribution in [2.24, 2.45) is 0 Å². The average Bonchev–Trinajstić information content (AvgIpc) is 3.38. The number of hydrogen-bond donors (Lipinski definition) is 0. The molecule has 0 spiro atoms. The fraction of sp³-hybridized carbons (Fsp3) is 0.857. The van der Waals surface area contributed by atoms with E-state index < -0.39 is 6.10 Å². The van der Waals surface area contributed by atoms with Gasteiger partial charge in [-0.2, -0.15) is 0 Å². The molecule has 1 aromatic heterocycles. The van der Waals surface area contributed by atoms with Crippen LogP contribution >= 0.6 is 15.9 Å². The van der Waals surface area contributed by atoms with Crippen molar-refractivity contribution >= 4 is 21.9 Å². The van der Waals surface area contributed by atoms with Gasteiger partial charge in [0.15, 0.2) is 6.10 Å². The number of alkyl halides is 1. The van der Waals surface area contributed by atoms with Gasteiger partial charge >= 0.3 is 5.97 Å². The molecule has 0 aliphatic carbocycles. The van der Waals surface area contributed by atoms with Crippen LogP contribution in [0.1, 0.15) is 122 Å². The summed E-state index contributed by atoms with van der Waals surface area (Å²) in [5, 5.41) is 4.74. The van der Waals surface area contributed by atoms with Crippen molar-refractivity contribution in [2.75, 3.05) is 25.2 Å². The van der Waals surface area contributed by atoms with Crippen LogP contribution in [0.4, 0.5) is 0 Å². The van der Waals surface area contributed by atoms with E-state index in [1.807, 2.05) is 0 Å². The zero-order valence-corrected chi connectivity index (χ0v) is 23.7. The predicted molar refractivity (Wildman–Crippen MR) is 145 cm³/mol. The smallest absolute Gasteiger partial charge is 0.305 e. The number of carbonyl (C=O) groups excluding carboxylic acids is 1. The third kappa shape index (κ3) is 20.8. The highest BCUT2D eigenvalue weighted by atomic mass is 79.9. The second-order valence-electron chi connectivity index (χ2n) is 9.43. The molecule has 0 aromatic carbocycles. The maximum Gasteiger partial charge on any atom is 0.305 e. The van der Waals surface area contributed by atoms with Gasteiger partial charge in [0, 0.05) is 24.4 Å². The number of aromatic nitrogens is 1. The van der Waals surface area contributed by atoms with Gasteiger partial charge in [0.2, 0.25) is 0 Å². The Labute approximate surface area is 222 Å². The molecule has 0 radical (unpaired) electrons. The van der Waals surface area contributed by atoms with Crippen molar-refractivity contribution in [3.63, 3.8) is 0 Å². The highest BCUT2D eigenvalue weighted by molar-refractivity contribution is 9.09. The fourth-order valence-electron chi connectivity index (χ4n) is 3.96. The number of hydrogen-bond acceptors (Lipinski definition) is 6. The molecule has 1 heterocycles. The van der Waals surface area contributed by atoms with E-state index in [1.165, 1.54) is 89.7 Å². The van der Waals surface area contributed by atoms with E-state index in [9.17, 15) is 4.79 Å². The topological polar surface area (TPSA) is 70.8 Å². The monoisotopic (exact) mass is 559 g/mol. The van der Waals surface area contributed by atoms with Crippen LogP contribution in [0.25, 0.3) is 0 Å². The molecule has 204 valence electrons. The first-order valence-electron chi connectivity index (χ1n) is 14.1. The van der Waals surface area contributed by atoms with Gasteiger partial charge in [-0.25, -0.2) is 0 Å². The number of esters is 1. The lowest BCUT2D eigenvalue weighted by molar-refractivity contribution is -0.147. The van der Waals surface area contributed by atoms with Gasteiger partial charge in [0.05, 0.1) is 6.61 Å².